The van der Waals surface area contributed by atoms with E-state index < -0.39 is 0 Å². The van der Waals surface area contributed by atoms with Gasteiger partial charge >= 0.3 is 12.1 Å². The van der Waals surface area contributed by atoms with Gasteiger partial charge in [0.25, 0.3) is 0 Å². The van der Waals surface area contributed by atoms with E-state index in [-0.39, 0.29) is 25.2 Å². The van der Waals surface area contributed by atoms with Crippen LogP contribution in [0.25, 0.3) is 10.8 Å². The molecule has 242 valence electrons. The summed E-state index contributed by atoms with van der Waals surface area (Å²) in [6, 6.07) is 27.4. The van der Waals surface area contributed by atoms with Gasteiger partial charge in [0.15, 0.2) is 0 Å². The average Bonchev–Trinajstić information content (AvgIpc) is 3.53. The van der Waals surface area contributed by atoms with Crippen LogP contribution >= 0.6 is 0 Å². The maximum Gasteiger partial charge on any atom is 0.410 e. The maximum absolute atomic E-state index is 13.1. The third-order valence-corrected chi connectivity index (χ3v) is 9.75. The maximum atomic E-state index is 13.1. The molecule has 1 aromatic heterocycles. The van der Waals surface area contributed by atoms with Gasteiger partial charge < -0.3 is 29.1 Å². The van der Waals surface area contributed by atoms with Crippen LogP contribution in [-0.4, -0.2) is 84.3 Å². The Morgan fingerprint density at radius 1 is 0.957 bits per heavy atom. The molecule has 4 aromatic rings. The number of ether oxygens (including phenoxy) is 2. The molecule has 4 heterocycles. The minimum absolute atomic E-state index is 0.215. The Morgan fingerprint density at radius 3 is 2.62 bits per heavy atom. The molecule has 10 nitrogen and oxygen atoms in total. The number of aromatic nitrogens is 2. The molecule has 2 atom stereocenters. The molecule has 3 aromatic carbocycles. The van der Waals surface area contributed by atoms with E-state index in [1.165, 1.54) is 16.5 Å². The van der Waals surface area contributed by atoms with Gasteiger partial charge in [0.2, 0.25) is 0 Å². The predicted molar refractivity (Wildman–Crippen MR) is 181 cm³/mol. The molecule has 7 rings (SSSR count). The molecule has 1 amide bonds. The number of benzene rings is 3. The summed E-state index contributed by atoms with van der Waals surface area (Å²) >= 11 is 0. The summed E-state index contributed by atoms with van der Waals surface area (Å²) in [6.45, 7) is 4.65. The lowest BCUT2D eigenvalue weighted by molar-refractivity contribution is 0.0889. The number of hydrogen-bond donors (Lipinski definition) is 0. The highest BCUT2D eigenvalue weighted by atomic mass is 16.6. The highest BCUT2D eigenvalue weighted by Gasteiger charge is 2.35. The van der Waals surface area contributed by atoms with Crippen molar-refractivity contribution < 1.29 is 14.3 Å². The zero-order valence-corrected chi connectivity index (χ0v) is 26.9. The lowest BCUT2D eigenvalue weighted by Gasteiger charge is -2.42. The molecular formula is C37H41N7O3. The number of likely N-dealkylation sites (N-methyl/N-ethyl adjacent to an activating group) is 1. The fourth-order valence-electron chi connectivity index (χ4n) is 7.13. The quantitative estimate of drug-likeness (QED) is 0.253. The van der Waals surface area contributed by atoms with E-state index in [0.717, 1.165) is 55.0 Å². The van der Waals surface area contributed by atoms with Crippen molar-refractivity contribution in [3.05, 3.63) is 89.6 Å². The third kappa shape index (κ3) is 6.67. The molecule has 0 spiro atoms. The number of nitriles is 1. The van der Waals surface area contributed by atoms with E-state index in [0.29, 0.717) is 44.8 Å². The summed E-state index contributed by atoms with van der Waals surface area (Å²) in [5.41, 5.74) is 4.17. The summed E-state index contributed by atoms with van der Waals surface area (Å²) < 4.78 is 12.0. The van der Waals surface area contributed by atoms with Gasteiger partial charge in [0.05, 0.1) is 30.8 Å². The highest BCUT2D eigenvalue weighted by molar-refractivity contribution is 5.94. The number of rotatable bonds is 8. The molecule has 0 N–H and O–H groups in total. The molecule has 0 unspecified atom stereocenters. The Balaban J connectivity index is 1.16. The van der Waals surface area contributed by atoms with Crippen LogP contribution in [0.1, 0.15) is 36.1 Å². The smallest absolute Gasteiger partial charge is 0.410 e. The SMILES string of the molecule is CN1CCC[C@H]1COc1nc2c(c(N3CCN(C(=O)OCc4ccccc4)C[C@@H]3CC#N)n1)CCN(c1cccc3ccccc13)C2. The second-order valence-corrected chi connectivity index (χ2v) is 12.7. The number of nitrogens with zero attached hydrogens (tertiary/aromatic N) is 7. The van der Waals surface area contributed by atoms with Crippen LogP contribution in [-0.2, 0) is 24.3 Å². The van der Waals surface area contributed by atoms with Gasteiger partial charge in [-0.1, -0.05) is 66.7 Å². The number of hydrogen-bond acceptors (Lipinski definition) is 9. The fourth-order valence-corrected chi connectivity index (χ4v) is 7.13. The zero-order valence-electron chi connectivity index (χ0n) is 26.9. The number of fused-ring (bicyclic) bond motifs is 2. The number of carbonyl (C=O) groups is 1. The molecule has 0 aliphatic carbocycles. The first-order chi connectivity index (χ1) is 23.1. The van der Waals surface area contributed by atoms with Crippen LogP contribution in [0.2, 0.25) is 0 Å². The monoisotopic (exact) mass is 631 g/mol. The molecule has 0 radical (unpaired) electrons. The number of likely N-dealkylation sites (tertiary alicyclic amines) is 1. The molecule has 0 saturated carbocycles. The molecule has 47 heavy (non-hydrogen) atoms. The number of piperazine rings is 1. The van der Waals surface area contributed by atoms with Crippen molar-refractivity contribution in [3.63, 3.8) is 0 Å². The number of anilines is 2. The van der Waals surface area contributed by atoms with Gasteiger partial charge in [-0.3, -0.25) is 0 Å². The minimum atomic E-state index is -0.364. The van der Waals surface area contributed by atoms with Gasteiger partial charge in [0, 0.05) is 48.9 Å². The normalized spacial score (nSPS) is 19.8. The van der Waals surface area contributed by atoms with E-state index in [1.807, 2.05) is 30.3 Å². The Kier molecular flexibility index (Phi) is 9.07. The molecular weight excluding hydrogens is 590 g/mol. The van der Waals surface area contributed by atoms with Crippen molar-refractivity contribution in [3.8, 4) is 12.1 Å². The van der Waals surface area contributed by atoms with Crippen molar-refractivity contribution in [2.24, 2.45) is 0 Å². The standard InChI is InChI=1S/C37H41N7O3/c1-41-19-8-13-30(41)26-46-36-39-33-24-42(34-15-7-12-28-11-5-6-14-31(28)34)20-17-32(33)35(40-36)44-22-21-43(23-29(44)16-18-38)37(45)47-25-27-9-3-2-4-10-27/h2-7,9-12,14-15,29-30H,8,13,16-17,19-26H2,1H3/t29-,30-/m0/s1. The second kappa shape index (κ2) is 13.9. The molecule has 0 bridgehead atoms. The van der Waals surface area contributed by atoms with E-state index in [2.05, 4.69) is 70.3 Å². The van der Waals surface area contributed by atoms with E-state index >= 15 is 0 Å². The first-order valence-corrected chi connectivity index (χ1v) is 16.6. The summed E-state index contributed by atoms with van der Waals surface area (Å²) in [6.07, 6.45) is 2.91. The zero-order chi connectivity index (χ0) is 32.2. The largest absolute Gasteiger partial charge is 0.462 e. The van der Waals surface area contributed by atoms with Crippen molar-refractivity contribution in [1.82, 2.24) is 19.8 Å². The van der Waals surface area contributed by atoms with E-state index in [4.69, 9.17) is 19.4 Å². The van der Waals surface area contributed by atoms with Gasteiger partial charge in [-0.2, -0.15) is 15.2 Å². The summed E-state index contributed by atoms with van der Waals surface area (Å²) in [4.78, 5) is 31.8. The van der Waals surface area contributed by atoms with Crippen molar-refractivity contribution in [2.45, 2.75) is 50.9 Å². The van der Waals surface area contributed by atoms with Crippen LogP contribution in [0.5, 0.6) is 6.01 Å². The van der Waals surface area contributed by atoms with E-state index in [1.54, 1.807) is 4.90 Å². The minimum Gasteiger partial charge on any atom is -0.462 e. The van der Waals surface area contributed by atoms with Gasteiger partial charge in [0.1, 0.15) is 19.0 Å². The van der Waals surface area contributed by atoms with Gasteiger partial charge in [-0.05, 0) is 49.9 Å². The summed E-state index contributed by atoms with van der Waals surface area (Å²) in [5.74, 6) is 0.819. The van der Waals surface area contributed by atoms with Crippen molar-refractivity contribution in [2.75, 3.05) is 56.2 Å². The number of carbonyl (C=O) groups excluding carboxylic acids is 1. The fraction of sp³-hybridized carbons (Fsp3) is 0.405. The molecule has 2 saturated heterocycles. The van der Waals surface area contributed by atoms with Crippen molar-refractivity contribution in [1.29, 1.82) is 5.26 Å². The Labute approximate surface area is 276 Å². The first-order valence-electron chi connectivity index (χ1n) is 16.6. The van der Waals surface area contributed by atoms with Crippen molar-refractivity contribution >= 4 is 28.4 Å². The topological polar surface area (TPSA) is 98.1 Å². The van der Waals surface area contributed by atoms with E-state index in [9.17, 15) is 10.1 Å². The average molecular weight is 632 g/mol. The van der Waals surface area contributed by atoms with Gasteiger partial charge in [-0.15, -0.1) is 0 Å². The lowest BCUT2D eigenvalue weighted by atomic mass is 10.0. The molecule has 3 aliphatic heterocycles. The third-order valence-electron chi connectivity index (χ3n) is 9.75. The van der Waals surface area contributed by atoms with Crippen LogP contribution in [0, 0.1) is 11.3 Å². The summed E-state index contributed by atoms with van der Waals surface area (Å²) in [7, 11) is 2.14. The lowest BCUT2D eigenvalue weighted by Crippen LogP contribution is -2.55. The van der Waals surface area contributed by atoms with Crippen LogP contribution in [0.4, 0.5) is 16.3 Å². The Hall–Kier alpha value is -4.88. The predicted octanol–water partition coefficient (Wildman–Crippen LogP) is 5.41. The molecule has 2 fully saturated rings. The Morgan fingerprint density at radius 2 is 1.79 bits per heavy atom. The van der Waals surface area contributed by atoms with Crippen LogP contribution in [0.3, 0.4) is 0 Å². The summed E-state index contributed by atoms with van der Waals surface area (Å²) in [5, 5.41) is 12.3. The number of amides is 1. The first kappa shape index (κ1) is 30.8. The van der Waals surface area contributed by atoms with Gasteiger partial charge in [-0.25, -0.2) is 4.79 Å². The van der Waals surface area contributed by atoms with Crippen LogP contribution in [0.15, 0.2) is 72.8 Å². The highest BCUT2D eigenvalue weighted by Crippen LogP contribution is 2.35. The Bertz CT molecular complexity index is 1760. The molecule has 3 aliphatic rings. The second-order valence-electron chi connectivity index (χ2n) is 12.7. The molecule has 10 heteroatoms. The van der Waals surface area contributed by atoms with Crippen LogP contribution < -0.4 is 14.5 Å².